The summed E-state index contributed by atoms with van der Waals surface area (Å²) in [4.78, 5) is 13.9. The molecule has 1 amide bonds. The molecule has 0 spiro atoms. The van der Waals surface area contributed by atoms with Crippen LogP contribution in [0.2, 0.25) is 0 Å². The molecule has 2 aromatic carbocycles. The number of hydrogen-bond donors (Lipinski definition) is 4. The summed E-state index contributed by atoms with van der Waals surface area (Å²) in [6, 6.07) is 8.34. The van der Waals surface area contributed by atoms with Gasteiger partial charge in [0.25, 0.3) is 0 Å². The standard InChI is InChI=1S/C18H14F3N.C5H11N3OS/c19-12-6-4-11(5-7-12)17-16(10-2-1-3-10)14-8-13(20)9-15(21)18(14)22-17;1-6-10-8-4-2-3-7-5(4)9/h4-10,22H,1-3H2;4,6,8H,2-3H2,1H3,(H,7,9). The van der Waals surface area contributed by atoms with Gasteiger partial charge >= 0.3 is 0 Å². The number of fused-ring (bicyclic) bond motifs is 1. The zero-order valence-electron chi connectivity index (χ0n) is 17.6. The first kappa shape index (κ1) is 22.7. The molecule has 1 atom stereocenters. The SMILES string of the molecule is CNSNC1CCNC1=O.Fc1ccc(-c2[nH]c3c(F)cc(F)cc3c2C2CCC2)cc1. The van der Waals surface area contributed by atoms with Crippen LogP contribution in [0.15, 0.2) is 36.4 Å². The van der Waals surface area contributed by atoms with Crippen LogP contribution < -0.4 is 14.8 Å². The van der Waals surface area contributed by atoms with Crippen molar-refractivity contribution in [3.8, 4) is 11.3 Å². The number of benzene rings is 2. The number of hydrogen-bond acceptors (Lipinski definition) is 4. The van der Waals surface area contributed by atoms with Crippen LogP contribution in [0, 0.1) is 17.5 Å². The third-order valence-corrected chi connectivity index (χ3v) is 6.47. The van der Waals surface area contributed by atoms with Gasteiger partial charge in [0.2, 0.25) is 5.91 Å². The number of aromatic amines is 1. The Morgan fingerprint density at radius 1 is 1.03 bits per heavy atom. The van der Waals surface area contributed by atoms with Crippen molar-refractivity contribution >= 4 is 28.9 Å². The van der Waals surface area contributed by atoms with Crippen molar-refractivity contribution in [1.82, 2.24) is 19.7 Å². The highest BCUT2D eigenvalue weighted by molar-refractivity contribution is 7.95. The van der Waals surface area contributed by atoms with Gasteiger partial charge in [0.05, 0.1) is 17.3 Å². The summed E-state index contributed by atoms with van der Waals surface area (Å²) >= 11 is 1.35. The summed E-state index contributed by atoms with van der Waals surface area (Å²) in [5.74, 6) is -1.08. The molecule has 5 rings (SSSR count). The third kappa shape index (κ3) is 4.79. The fourth-order valence-electron chi connectivity index (χ4n) is 4.04. The lowest BCUT2D eigenvalue weighted by Gasteiger charge is -2.26. The predicted molar refractivity (Wildman–Crippen MR) is 121 cm³/mol. The number of carbonyl (C=O) groups is 1. The number of carbonyl (C=O) groups excluding carboxylic acids is 1. The first-order valence-corrected chi connectivity index (χ1v) is 11.4. The van der Waals surface area contributed by atoms with Crippen LogP contribution >= 0.6 is 12.1 Å². The number of halogens is 3. The number of H-pyrrole nitrogens is 1. The molecule has 2 heterocycles. The van der Waals surface area contributed by atoms with Gasteiger partial charge in [0.1, 0.15) is 17.5 Å². The minimum Gasteiger partial charge on any atom is -0.355 e. The van der Waals surface area contributed by atoms with E-state index in [1.54, 1.807) is 12.1 Å². The molecule has 32 heavy (non-hydrogen) atoms. The van der Waals surface area contributed by atoms with Gasteiger partial charge in [-0.25, -0.2) is 17.9 Å². The highest BCUT2D eigenvalue weighted by atomic mass is 32.2. The molecule has 5 nitrogen and oxygen atoms in total. The van der Waals surface area contributed by atoms with Gasteiger partial charge in [-0.1, -0.05) is 6.42 Å². The summed E-state index contributed by atoms with van der Waals surface area (Å²) < 4.78 is 46.7. The van der Waals surface area contributed by atoms with Crippen molar-refractivity contribution in [2.45, 2.75) is 37.6 Å². The predicted octanol–water partition coefficient (Wildman–Crippen LogP) is 4.77. The Hall–Kier alpha value is -2.49. The average Bonchev–Trinajstić information content (AvgIpc) is 3.30. The van der Waals surface area contributed by atoms with Gasteiger partial charge in [-0.3, -0.25) is 9.52 Å². The molecule has 2 aliphatic rings. The second kappa shape index (κ2) is 9.97. The molecule has 1 saturated carbocycles. The Morgan fingerprint density at radius 3 is 2.38 bits per heavy atom. The highest BCUT2D eigenvalue weighted by Gasteiger charge is 2.28. The lowest BCUT2D eigenvalue weighted by Crippen LogP contribution is -2.33. The van der Waals surface area contributed by atoms with Crippen LogP contribution in [0.1, 0.15) is 37.2 Å². The van der Waals surface area contributed by atoms with E-state index in [4.69, 9.17) is 0 Å². The molecule has 1 aliphatic heterocycles. The molecule has 0 bridgehead atoms. The number of nitrogens with one attached hydrogen (secondary N) is 4. The maximum Gasteiger partial charge on any atom is 0.238 e. The van der Waals surface area contributed by atoms with E-state index in [9.17, 15) is 18.0 Å². The molecule has 1 aromatic heterocycles. The smallest absolute Gasteiger partial charge is 0.238 e. The van der Waals surface area contributed by atoms with Gasteiger partial charge in [-0.2, -0.15) is 0 Å². The normalized spacial score (nSPS) is 18.2. The largest absolute Gasteiger partial charge is 0.355 e. The third-order valence-electron chi connectivity index (χ3n) is 5.86. The van der Waals surface area contributed by atoms with Gasteiger partial charge in [-0.05, 0) is 73.7 Å². The van der Waals surface area contributed by atoms with Gasteiger partial charge in [0, 0.05) is 30.1 Å². The Balaban J connectivity index is 0.000000207. The fraction of sp³-hybridized carbons (Fsp3) is 0.348. The van der Waals surface area contributed by atoms with E-state index in [-0.39, 0.29) is 17.8 Å². The lowest BCUT2D eigenvalue weighted by molar-refractivity contribution is -0.120. The van der Waals surface area contributed by atoms with E-state index in [1.165, 1.54) is 30.3 Å². The molecular formula is C23H25F3N4OS. The Morgan fingerprint density at radius 2 is 1.78 bits per heavy atom. The molecule has 170 valence electrons. The van der Waals surface area contributed by atoms with Crippen LogP contribution in [-0.2, 0) is 4.79 Å². The molecule has 1 aliphatic carbocycles. The topological polar surface area (TPSA) is 68.9 Å². The first-order chi connectivity index (χ1) is 15.5. The molecular weight excluding hydrogens is 437 g/mol. The molecule has 4 N–H and O–H groups in total. The Kier molecular flexibility index (Phi) is 7.07. The van der Waals surface area contributed by atoms with Gasteiger partial charge < -0.3 is 10.3 Å². The number of amides is 1. The van der Waals surface area contributed by atoms with Crippen LogP contribution in [0.5, 0.6) is 0 Å². The second-order valence-electron chi connectivity index (χ2n) is 7.91. The first-order valence-electron chi connectivity index (χ1n) is 10.6. The summed E-state index contributed by atoms with van der Waals surface area (Å²) in [7, 11) is 1.81. The van der Waals surface area contributed by atoms with Crippen molar-refractivity contribution in [3.05, 3.63) is 59.4 Å². The van der Waals surface area contributed by atoms with E-state index < -0.39 is 11.6 Å². The molecule has 2 fully saturated rings. The van der Waals surface area contributed by atoms with Crippen LogP contribution in [-0.4, -0.2) is 30.5 Å². The van der Waals surface area contributed by atoms with Crippen LogP contribution in [0.25, 0.3) is 22.2 Å². The van der Waals surface area contributed by atoms with E-state index in [1.807, 2.05) is 7.05 Å². The molecule has 0 radical (unpaired) electrons. The fourth-order valence-corrected chi connectivity index (χ4v) is 4.53. The zero-order valence-corrected chi connectivity index (χ0v) is 18.4. The summed E-state index contributed by atoms with van der Waals surface area (Å²) in [6.07, 6.45) is 4.03. The minimum absolute atomic E-state index is 0.0163. The molecule has 9 heteroatoms. The average molecular weight is 463 g/mol. The highest BCUT2D eigenvalue weighted by Crippen LogP contribution is 2.45. The van der Waals surface area contributed by atoms with E-state index >= 15 is 0 Å². The quantitative estimate of drug-likeness (QED) is 0.413. The molecule has 1 saturated heterocycles. The molecule has 3 aromatic rings. The van der Waals surface area contributed by atoms with Crippen molar-refractivity contribution in [2.24, 2.45) is 0 Å². The summed E-state index contributed by atoms with van der Waals surface area (Å²) in [5, 5.41) is 3.33. The van der Waals surface area contributed by atoms with Gasteiger partial charge in [0.15, 0.2) is 0 Å². The van der Waals surface area contributed by atoms with Crippen molar-refractivity contribution in [3.63, 3.8) is 0 Å². The Labute approximate surface area is 188 Å². The minimum atomic E-state index is -0.594. The van der Waals surface area contributed by atoms with E-state index in [2.05, 4.69) is 19.7 Å². The monoisotopic (exact) mass is 462 g/mol. The maximum absolute atomic E-state index is 14.1. The summed E-state index contributed by atoms with van der Waals surface area (Å²) in [5.41, 5.74) is 2.83. The number of aromatic nitrogens is 1. The van der Waals surface area contributed by atoms with Crippen molar-refractivity contribution < 1.29 is 18.0 Å². The zero-order chi connectivity index (χ0) is 22.7. The maximum atomic E-state index is 14.1. The second-order valence-corrected chi connectivity index (χ2v) is 8.76. The van der Waals surface area contributed by atoms with Crippen molar-refractivity contribution in [2.75, 3.05) is 13.6 Å². The van der Waals surface area contributed by atoms with Gasteiger partial charge in [-0.15, -0.1) is 0 Å². The molecule has 1 unspecified atom stereocenters. The van der Waals surface area contributed by atoms with Crippen LogP contribution in [0.3, 0.4) is 0 Å². The van der Waals surface area contributed by atoms with E-state index in [0.717, 1.165) is 55.1 Å². The lowest BCUT2D eigenvalue weighted by atomic mass is 9.78. The van der Waals surface area contributed by atoms with E-state index in [0.29, 0.717) is 16.8 Å². The number of rotatable bonds is 5. The van der Waals surface area contributed by atoms with Crippen LogP contribution in [0.4, 0.5) is 13.2 Å². The summed E-state index contributed by atoms with van der Waals surface area (Å²) in [6.45, 7) is 0.792. The van der Waals surface area contributed by atoms with Crippen molar-refractivity contribution in [1.29, 1.82) is 0 Å². The Bertz CT molecular complexity index is 1100.